The van der Waals surface area contributed by atoms with Crippen LogP contribution in [0.1, 0.15) is 31.8 Å². The molecule has 0 radical (unpaired) electrons. The Bertz CT molecular complexity index is 1010. The second kappa shape index (κ2) is 9.37. The highest BCUT2D eigenvalue weighted by atomic mass is 16.5. The van der Waals surface area contributed by atoms with E-state index in [1.165, 1.54) is 0 Å². The van der Waals surface area contributed by atoms with E-state index in [-0.39, 0.29) is 11.7 Å². The average molecular weight is 400 g/mol. The highest BCUT2D eigenvalue weighted by molar-refractivity contribution is 6.15. The number of amides is 1. The van der Waals surface area contributed by atoms with Crippen LogP contribution in [0.15, 0.2) is 78.9 Å². The Hall–Kier alpha value is -3.44. The van der Waals surface area contributed by atoms with Crippen molar-refractivity contribution in [1.29, 1.82) is 0 Å². The first-order chi connectivity index (χ1) is 14.7. The highest BCUT2D eigenvalue weighted by Crippen LogP contribution is 2.18. The number of ketones is 1. The molecule has 3 aromatic rings. The van der Waals surface area contributed by atoms with Gasteiger partial charge in [-0.05, 0) is 23.8 Å². The molecule has 0 unspecified atom stereocenters. The predicted molar refractivity (Wildman–Crippen MR) is 117 cm³/mol. The largest absolute Gasteiger partial charge is 0.378 e. The number of hydrogen-bond donors (Lipinski definition) is 1. The number of anilines is 1. The zero-order chi connectivity index (χ0) is 20.8. The Kier molecular flexibility index (Phi) is 6.20. The van der Waals surface area contributed by atoms with Crippen LogP contribution < -0.4 is 10.2 Å². The summed E-state index contributed by atoms with van der Waals surface area (Å²) >= 11 is 0. The molecule has 1 aliphatic rings. The molecule has 1 heterocycles. The van der Waals surface area contributed by atoms with Gasteiger partial charge in [0.25, 0.3) is 5.91 Å². The quantitative estimate of drug-likeness (QED) is 0.641. The lowest BCUT2D eigenvalue weighted by molar-refractivity contribution is 0.0939. The summed E-state index contributed by atoms with van der Waals surface area (Å²) in [6, 6.07) is 24.1. The minimum absolute atomic E-state index is 0.156. The van der Waals surface area contributed by atoms with Crippen molar-refractivity contribution in [1.82, 2.24) is 5.32 Å². The monoisotopic (exact) mass is 400 g/mol. The standard InChI is InChI=1S/C25H24N2O3/c28-24(20-6-2-1-3-7-20)22-8-4-5-9-23(22)25(29)26-18-19-10-12-21(13-11-19)27-14-16-30-17-15-27/h1-13H,14-18H2,(H,26,29). The van der Waals surface area contributed by atoms with E-state index < -0.39 is 0 Å². The van der Waals surface area contributed by atoms with Crippen LogP contribution in [0.3, 0.4) is 0 Å². The number of hydrogen-bond acceptors (Lipinski definition) is 4. The molecule has 30 heavy (non-hydrogen) atoms. The third-order valence-electron chi connectivity index (χ3n) is 5.22. The van der Waals surface area contributed by atoms with Gasteiger partial charge in [0.2, 0.25) is 0 Å². The SMILES string of the molecule is O=C(NCc1ccc(N2CCOCC2)cc1)c1ccccc1C(=O)c1ccccc1. The van der Waals surface area contributed by atoms with Crippen LogP contribution >= 0.6 is 0 Å². The van der Waals surface area contributed by atoms with Crippen molar-refractivity contribution in [3.8, 4) is 0 Å². The van der Waals surface area contributed by atoms with Crippen molar-refractivity contribution < 1.29 is 14.3 Å². The van der Waals surface area contributed by atoms with Gasteiger partial charge in [-0.3, -0.25) is 9.59 Å². The highest BCUT2D eigenvalue weighted by Gasteiger charge is 2.18. The lowest BCUT2D eigenvalue weighted by Gasteiger charge is -2.28. The van der Waals surface area contributed by atoms with E-state index >= 15 is 0 Å². The molecule has 4 rings (SSSR count). The van der Waals surface area contributed by atoms with Crippen molar-refractivity contribution in [2.75, 3.05) is 31.2 Å². The first kappa shape index (κ1) is 19.9. The summed E-state index contributed by atoms with van der Waals surface area (Å²) in [4.78, 5) is 27.9. The van der Waals surface area contributed by atoms with Crippen LogP contribution in [0.25, 0.3) is 0 Å². The Balaban J connectivity index is 1.43. The number of nitrogens with one attached hydrogen (secondary N) is 1. The van der Waals surface area contributed by atoms with E-state index in [1.807, 2.05) is 30.3 Å². The summed E-state index contributed by atoms with van der Waals surface area (Å²) in [6.45, 7) is 3.68. The van der Waals surface area contributed by atoms with Gasteiger partial charge in [0, 0.05) is 36.4 Å². The topological polar surface area (TPSA) is 58.6 Å². The van der Waals surface area contributed by atoms with Crippen molar-refractivity contribution in [3.05, 3.63) is 101 Å². The Morgan fingerprint density at radius 2 is 1.43 bits per heavy atom. The molecule has 0 atom stereocenters. The molecule has 5 heteroatoms. The zero-order valence-corrected chi connectivity index (χ0v) is 16.7. The lowest BCUT2D eigenvalue weighted by Crippen LogP contribution is -2.36. The van der Waals surface area contributed by atoms with Crippen molar-refractivity contribution in [3.63, 3.8) is 0 Å². The smallest absolute Gasteiger partial charge is 0.252 e. The Morgan fingerprint density at radius 3 is 2.13 bits per heavy atom. The molecule has 0 aromatic heterocycles. The fourth-order valence-corrected chi connectivity index (χ4v) is 3.55. The van der Waals surface area contributed by atoms with Crippen LogP contribution in [0.2, 0.25) is 0 Å². The van der Waals surface area contributed by atoms with Crippen LogP contribution in [0.4, 0.5) is 5.69 Å². The number of ether oxygens (including phenoxy) is 1. The summed E-state index contributed by atoms with van der Waals surface area (Å²) in [5, 5.41) is 2.94. The molecule has 0 saturated carbocycles. The molecule has 1 saturated heterocycles. The fourth-order valence-electron chi connectivity index (χ4n) is 3.55. The first-order valence-corrected chi connectivity index (χ1v) is 10.1. The van der Waals surface area contributed by atoms with Gasteiger partial charge < -0.3 is 15.0 Å². The van der Waals surface area contributed by atoms with E-state index in [1.54, 1.807) is 36.4 Å². The van der Waals surface area contributed by atoms with Crippen LogP contribution in [0, 0.1) is 0 Å². The average Bonchev–Trinajstić information content (AvgIpc) is 2.83. The molecule has 0 bridgehead atoms. The Labute approximate surface area is 176 Å². The molecule has 1 N–H and O–H groups in total. The number of morpholine rings is 1. The van der Waals surface area contributed by atoms with Crippen LogP contribution in [0.5, 0.6) is 0 Å². The van der Waals surface area contributed by atoms with E-state index in [4.69, 9.17) is 4.74 Å². The van der Waals surface area contributed by atoms with Crippen LogP contribution in [-0.2, 0) is 11.3 Å². The second-order valence-electron chi connectivity index (χ2n) is 7.19. The minimum Gasteiger partial charge on any atom is -0.378 e. The van der Waals surface area contributed by atoms with Gasteiger partial charge in [-0.2, -0.15) is 0 Å². The maximum Gasteiger partial charge on any atom is 0.252 e. The third-order valence-corrected chi connectivity index (χ3v) is 5.22. The summed E-state index contributed by atoms with van der Waals surface area (Å²) in [6.07, 6.45) is 0. The minimum atomic E-state index is -0.257. The normalized spacial score (nSPS) is 13.7. The lowest BCUT2D eigenvalue weighted by atomic mass is 9.98. The molecule has 0 aliphatic carbocycles. The maximum atomic E-state index is 12.8. The Morgan fingerprint density at radius 1 is 0.800 bits per heavy atom. The number of carbonyl (C=O) groups excluding carboxylic acids is 2. The van der Waals surface area contributed by atoms with Gasteiger partial charge in [0.05, 0.1) is 18.8 Å². The first-order valence-electron chi connectivity index (χ1n) is 10.1. The predicted octanol–water partition coefficient (Wildman–Crippen LogP) is 3.68. The number of rotatable bonds is 6. The second-order valence-corrected chi connectivity index (χ2v) is 7.19. The van der Waals surface area contributed by atoms with Crippen molar-refractivity contribution in [2.45, 2.75) is 6.54 Å². The van der Waals surface area contributed by atoms with Gasteiger partial charge in [-0.25, -0.2) is 0 Å². The van der Waals surface area contributed by atoms with Gasteiger partial charge >= 0.3 is 0 Å². The van der Waals surface area contributed by atoms with Gasteiger partial charge in [-0.15, -0.1) is 0 Å². The number of benzene rings is 3. The fraction of sp³-hybridized carbons (Fsp3) is 0.200. The van der Waals surface area contributed by atoms with Gasteiger partial charge in [0.15, 0.2) is 5.78 Å². The molecular formula is C25H24N2O3. The summed E-state index contributed by atoms with van der Waals surface area (Å²) < 4.78 is 5.39. The van der Waals surface area contributed by atoms with Gasteiger partial charge in [-0.1, -0.05) is 60.7 Å². The molecule has 0 spiro atoms. The van der Waals surface area contributed by atoms with Crippen molar-refractivity contribution in [2.24, 2.45) is 0 Å². The molecule has 152 valence electrons. The molecule has 1 fully saturated rings. The number of carbonyl (C=O) groups is 2. The molecule has 5 nitrogen and oxygen atoms in total. The molecule has 3 aromatic carbocycles. The summed E-state index contributed by atoms with van der Waals surface area (Å²) in [5.41, 5.74) is 3.52. The number of nitrogens with zero attached hydrogens (tertiary/aromatic N) is 1. The summed E-state index contributed by atoms with van der Waals surface area (Å²) in [7, 11) is 0. The van der Waals surface area contributed by atoms with E-state index in [2.05, 4.69) is 22.3 Å². The summed E-state index contributed by atoms with van der Waals surface area (Å²) in [5.74, 6) is -0.414. The van der Waals surface area contributed by atoms with E-state index in [9.17, 15) is 9.59 Å². The van der Waals surface area contributed by atoms with E-state index in [0.29, 0.717) is 23.2 Å². The zero-order valence-electron chi connectivity index (χ0n) is 16.7. The third kappa shape index (κ3) is 4.58. The van der Waals surface area contributed by atoms with Gasteiger partial charge in [0.1, 0.15) is 0 Å². The molecular weight excluding hydrogens is 376 g/mol. The van der Waals surface area contributed by atoms with Crippen LogP contribution in [-0.4, -0.2) is 38.0 Å². The molecule has 1 aliphatic heterocycles. The van der Waals surface area contributed by atoms with E-state index in [0.717, 1.165) is 37.6 Å². The maximum absolute atomic E-state index is 12.8. The molecule has 1 amide bonds. The van der Waals surface area contributed by atoms with Crippen molar-refractivity contribution >= 4 is 17.4 Å².